The summed E-state index contributed by atoms with van der Waals surface area (Å²) in [6, 6.07) is 0. The van der Waals surface area contributed by atoms with Crippen molar-refractivity contribution < 1.29 is 13.2 Å². The average molecular weight is 405 g/mol. The van der Waals surface area contributed by atoms with Gasteiger partial charge in [-0.15, -0.1) is 11.3 Å². The number of alkyl halides is 3. The van der Waals surface area contributed by atoms with Gasteiger partial charge in [-0.25, -0.2) is 4.98 Å². The lowest BCUT2D eigenvalue weighted by atomic mass is 10.0. The number of allylic oxidation sites excluding steroid dienone is 1. The number of unbranched alkanes of at least 4 members (excludes halogenated alkanes) is 2. The summed E-state index contributed by atoms with van der Waals surface area (Å²) in [6.45, 7) is 0. The van der Waals surface area contributed by atoms with E-state index in [1.807, 2.05) is 5.38 Å². The molecule has 1 aliphatic carbocycles. The van der Waals surface area contributed by atoms with Crippen LogP contribution in [0.3, 0.4) is 0 Å². The Morgan fingerprint density at radius 2 is 2.23 bits per heavy atom. The van der Waals surface area contributed by atoms with Gasteiger partial charge in [0.1, 0.15) is 10.7 Å². The molecule has 1 fully saturated rings. The molecule has 0 saturated heterocycles. The van der Waals surface area contributed by atoms with Crippen LogP contribution >= 0.6 is 24.0 Å². The Hall–Kier alpha value is -1.35. The van der Waals surface area contributed by atoms with Crippen molar-refractivity contribution in [3.63, 3.8) is 0 Å². The van der Waals surface area contributed by atoms with Crippen molar-refractivity contribution in [1.29, 1.82) is 5.41 Å². The van der Waals surface area contributed by atoms with Crippen molar-refractivity contribution in [1.82, 2.24) is 10.4 Å². The van der Waals surface area contributed by atoms with Crippen LogP contribution < -0.4 is 5.43 Å². The number of thiazole rings is 1. The molecular formula is C17H23F3N4S2. The molecule has 1 atom stereocenters. The molecule has 0 aliphatic heterocycles. The van der Waals surface area contributed by atoms with Gasteiger partial charge in [-0.1, -0.05) is 11.6 Å². The summed E-state index contributed by atoms with van der Waals surface area (Å²) in [5, 5.41) is 13.8. The van der Waals surface area contributed by atoms with Crippen LogP contribution in [-0.4, -0.2) is 34.9 Å². The first-order chi connectivity index (χ1) is 12.3. The van der Waals surface area contributed by atoms with E-state index in [0.717, 1.165) is 18.4 Å². The average Bonchev–Trinajstić information content (AvgIpc) is 3.27. The van der Waals surface area contributed by atoms with Crippen molar-refractivity contribution in [2.75, 3.05) is 7.05 Å². The molecule has 1 aliphatic rings. The molecule has 1 unspecified atom stereocenters. The number of rotatable bonds is 10. The normalized spacial score (nSPS) is 17.3. The van der Waals surface area contributed by atoms with Gasteiger partial charge in [-0.2, -0.15) is 30.9 Å². The molecule has 26 heavy (non-hydrogen) atoms. The van der Waals surface area contributed by atoms with Crippen molar-refractivity contribution in [3.8, 4) is 0 Å². The lowest BCUT2D eigenvalue weighted by Crippen LogP contribution is -2.25. The number of hydrogen-bond donors (Lipinski definition) is 3. The minimum atomic E-state index is -4.39. The highest BCUT2D eigenvalue weighted by atomic mass is 32.1. The second-order valence-corrected chi connectivity index (χ2v) is 7.57. The molecule has 0 aromatic carbocycles. The van der Waals surface area contributed by atoms with Crippen LogP contribution in [0.25, 0.3) is 0 Å². The number of thiol groups is 1. The fraction of sp³-hybridized carbons (Fsp3) is 0.588. The monoisotopic (exact) mass is 404 g/mol. The number of nitrogens with one attached hydrogen (secondary N) is 2. The van der Waals surface area contributed by atoms with Crippen LogP contribution in [0, 0.1) is 11.3 Å². The second kappa shape index (κ2) is 9.55. The quantitative estimate of drug-likeness (QED) is 0.172. The van der Waals surface area contributed by atoms with Gasteiger partial charge in [-0.3, -0.25) is 0 Å². The highest BCUT2D eigenvalue weighted by Crippen LogP contribution is 2.40. The van der Waals surface area contributed by atoms with Gasteiger partial charge >= 0.3 is 6.18 Å². The minimum absolute atomic E-state index is 0.101. The van der Waals surface area contributed by atoms with E-state index in [1.165, 1.54) is 18.4 Å². The van der Waals surface area contributed by atoms with Crippen LogP contribution in [0.15, 0.2) is 28.3 Å². The third kappa shape index (κ3) is 6.12. The topological polar surface area (TPSA) is 61.1 Å². The van der Waals surface area contributed by atoms with E-state index < -0.39 is 11.9 Å². The van der Waals surface area contributed by atoms with Crippen molar-refractivity contribution >= 4 is 35.4 Å². The van der Waals surface area contributed by atoms with E-state index in [1.54, 1.807) is 6.20 Å². The number of hydrazone groups is 1. The second-order valence-electron chi connectivity index (χ2n) is 6.16. The molecule has 1 aromatic rings. The Kier molecular flexibility index (Phi) is 7.69. The van der Waals surface area contributed by atoms with Crippen molar-refractivity contribution in [3.05, 3.63) is 28.2 Å². The van der Waals surface area contributed by atoms with Gasteiger partial charge < -0.3 is 10.8 Å². The maximum Gasteiger partial charge on any atom is 0.431 e. The highest BCUT2D eigenvalue weighted by Gasteiger charge is 2.35. The third-order valence-corrected chi connectivity index (χ3v) is 5.49. The Balaban J connectivity index is 1.88. The number of nitrogens with zero attached hydrogens (tertiary/aromatic N) is 2. The van der Waals surface area contributed by atoms with Gasteiger partial charge in [0.15, 0.2) is 0 Å². The van der Waals surface area contributed by atoms with Gasteiger partial charge in [0, 0.05) is 18.6 Å². The Bertz CT molecular complexity index is 649. The van der Waals surface area contributed by atoms with Gasteiger partial charge in [0.25, 0.3) is 0 Å². The van der Waals surface area contributed by atoms with Crippen molar-refractivity contribution in [2.24, 2.45) is 11.0 Å². The number of hydrogen-bond acceptors (Lipinski definition) is 6. The molecular weight excluding hydrogens is 381 g/mol. The molecule has 1 aromatic heterocycles. The van der Waals surface area contributed by atoms with E-state index in [9.17, 15) is 13.2 Å². The smallest absolute Gasteiger partial charge is 0.313 e. The van der Waals surface area contributed by atoms with Gasteiger partial charge in [0.05, 0.1) is 11.0 Å². The summed E-state index contributed by atoms with van der Waals surface area (Å²) < 4.78 is 38.3. The van der Waals surface area contributed by atoms with Crippen LogP contribution in [-0.2, 0) is 0 Å². The zero-order valence-electron chi connectivity index (χ0n) is 14.5. The molecule has 9 heteroatoms. The Morgan fingerprint density at radius 1 is 1.50 bits per heavy atom. The predicted molar refractivity (Wildman–Crippen MR) is 104 cm³/mol. The SMILES string of the molecule is CN/N=C(/CCCC/C=C(\C1CC1)C(S)C(=N)c1nccs1)C(F)(F)F. The van der Waals surface area contributed by atoms with Crippen LogP contribution in [0.2, 0.25) is 0 Å². The fourth-order valence-corrected chi connectivity index (χ4v) is 3.80. The zero-order valence-corrected chi connectivity index (χ0v) is 16.2. The first-order valence-electron chi connectivity index (χ1n) is 8.51. The molecule has 2 N–H and O–H groups in total. The lowest BCUT2D eigenvalue weighted by molar-refractivity contribution is -0.0610. The first-order valence-corrected chi connectivity index (χ1v) is 9.91. The highest BCUT2D eigenvalue weighted by molar-refractivity contribution is 7.82. The lowest BCUT2D eigenvalue weighted by Gasteiger charge is -2.15. The predicted octanol–water partition coefficient (Wildman–Crippen LogP) is 4.84. The number of halogens is 3. The summed E-state index contributed by atoms with van der Waals surface area (Å²) in [5.74, 6) is 0.439. The molecule has 1 heterocycles. The van der Waals surface area contributed by atoms with Crippen molar-refractivity contribution in [2.45, 2.75) is 50.0 Å². The molecule has 0 spiro atoms. The molecule has 144 valence electrons. The van der Waals surface area contributed by atoms with E-state index in [2.05, 4.69) is 34.2 Å². The summed E-state index contributed by atoms with van der Waals surface area (Å²) in [5.41, 5.74) is 2.94. The van der Waals surface area contributed by atoms with E-state index in [-0.39, 0.29) is 11.7 Å². The van der Waals surface area contributed by atoms with Gasteiger partial charge in [0.2, 0.25) is 0 Å². The van der Waals surface area contributed by atoms with Crippen LogP contribution in [0.1, 0.15) is 43.5 Å². The van der Waals surface area contributed by atoms with Gasteiger partial charge in [-0.05, 0) is 44.4 Å². The molecule has 0 radical (unpaired) electrons. The van der Waals surface area contributed by atoms with E-state index in [4.69, 9.17) is 5.41 Å². The maximum absolute atomic E-state index is 12.8. The first kappa shape index (κ1) is 21.0. The minimum Gasteiger partial charge on any atom is -0.313 e. The van der Waals surface area contributed by atoms with Crippen LogP contribution in [0.4, 0.5) is 13.2 Å². The summed E-state index contributed by atoms with van der Waals surface area (Å²) in [4.78, 5) is 4.16. The molecule has 2 rings (SSSR count). The summed E-state index contributed by atoms with van der Waals surface area (Å²) >= 11 is 6.02. The molecule has 0 amide bonds. The standard InChI is InChI=1S/C17H23F3N4S2/c1-22-24-13(17(18,19)20)6-4-2-3-5-12(11-7-8-11)15(25)14(21)16-23-9-10-26-16/h5,9-11,15,21-22,25H,2-4,6-8H2,1H3/b12-5+,21-14?,24-13-. The number of aromatic nitrogens is 1. The zero-order chi connectivity index (χ0) is 19.2. The summed E-state index contributed by atoms with van der Waals surface area (Å²) in [7, 11) is 1.36. The molecule has 0 bridgehead atoms. The summed E-state index contributed by atoms with van der Waals surface area (Å²) in [6.07, 6.45) is 3.13. The van der Waals surface area contributed by atoms with E-state index in [0.29, 0.717) is 35.9 Å². The Morgan fingerprint density at radius 3 is 2.77 bits per heavy atom. The third-order valence-electron chi connectivity index (χ3n) is 4.12. The van der Waals surface area contributed by atoms with Crippen LogP contribution in [0.5, 0.6) is 0 Å². The molecule has 4 nitrogen and oxygen atoms in total. The maximum atomic E-state index is 12.8. The molecule has 1 saturated carbocycles. The largest absolute Gasteiger partial charge is 0.431 e. The Labute approximate surface area is 160 Å². The fourth-order valence-electron chi connectivity index (χ4n) is 2.66. The van der Waals surface area contributed by atoms with E-state index >= 15 is 0 Å².